The van der Waals surface area contributed by atoms with E-state index in [1.807, 2.05) is 0 Å². The standard InChI is InChI=1S/C11H18N4O/c1-2-8-5-3-4-6-9(8)14-11(16)10-12-7-13-15-10/h7-9H,2-6H2,1H3,(H,14,16)(H,12,13,15). The van der Waals surface area contributed by atoms with Crippen molar-refractivity contribution in [3.8, 4) is 0 Å². The van der Waals surface area contributed by atoms with Gasteiger partial charge < -0.3 is 5.32 Å². The number of rotatable bonds is 3. The maximum Gasteiger partial charge on any atom is 0.288 e. The number of hydrogen-bond acceptors (Lipinski definition) is 3. The van der Waals surface area contributed by atoms with Crippen LogP contribution >= 0.6 is 0 Å². The Labute approximate surface area is 95.0 Å². The lowest BCUT2D eigenvalue weighted by Gasteiger charge is -2.31. The molecule has 0 aliphatic heterocycles. The van der Waals surface area contributed by atoms with E-state index in [0.717, 1.165) is 12.8 Å². The van der Waals surface area contributed by atoms with E-state index in [4.69, 9.17) is 0 Å². The van der Waals surface area contributed by atoms with E-state index >= 15 is 0 Å². The predicted molar refractivity (Wildman–Crippen MR) is 59.9 cm³/mol. The van der Waals surface area contributed by atoms with Gasteiger partial charge in [-0.3, -0.25) is 9.89 Å². The predicted octanol–water partition coefficient (Wildman–Crippen LogP) is 1.50. The first-order valence-electron chi connectivity index (χ1n) is 5.97. The van der Waals surface area contributed by atoms with Crippen LogP contribution in [0.3, 0.4) is 0 Å². The molecule has 2 unspecified atom stereocenters. The molecule has 0 aromatic carbocycles. The molecule has 5 nitrogen and oxygen atoms in total. The number of nitrogens with one attached hydrogen (secondary N) is 2. The molecule has 0 radical (unpaired) electrons. The highest BCUT2D eigenvalue weighted by Crippen LogP contribution is 2.26. The minimum atomic E-state index is -0.136. The SMILES string of the molecule is CCC1CCCCC1NC(=O)c1ncn[nH]1. The van der Waals surface area contributed by atoms with E-state index in [1.54, 1.807) is 0 Å². The van der Waals surface area contributed by atoms with Crippen molar-refractivity contribution in [2.45, 2.75) is 45.1 Å². The highest BCUT2D eigenvalue weighted by atomic mass is 16.2. The molecule has 0 saturated heterocycles. The molecular weight excluding hydrogens is 204 g/mol. The van der Waals surface area contributed by atoms with Gasteiger partial charge in [0, 0.05) is 6.04 Å². The molecule has 1 fully saturated rings. The molecule has 1 amide bonds. The van der Waals surface area contributed by atoms with Gasteiger partial charge in [0.2, 0.25) is 5.82 Å². The van der Waals surface area contributed by atoms with Gasteiger partial charge in [-0.1, -0.05) is 26.2 Å². The number of amides is 1. The fourth-order valence-corrected chi connectivity index (χ4v) is 2.44. The number of H-pyrrole nitrogens is 1. The second-order valence-electron chi connectivity index (χ2n) is 4.37. The fourth-order valence-electron chi connectivity index (χ4n) is 2.44. The molecule has 0 bridgehead atoms. The van der Waals surface area contributed by atoms with Crippen LogP contribution in [0, 0.1) is 5.92 Å². The Balaban J connectivity index is 1.95. The summed E-state index contributed by atoms with van der Waals surface area (Å²) in [4.78, 5) is 15.6. The highest BCUT2D eigenvalue weighted by Gasteiger charge is 2.25. The summed E-state index contributed by atoms with van der Waals surface area (Å²) in [5, 5.41) is 9.31. The first kappa shape index (κ1) is 11.1. The van der Waals surface area contributed by atoms with E-state index in [1.165, 1.54) is 25.6 Å². The van der Waals surface area contributed by atoms with Crippen molar-refractivity contribution in [2.75, 3.05) is 0 Å². The van der Waals surface area contributed by atoms with Gasteiger partial charge in [-0.25, -0.2) is 4.98 Å². The maximum atomic E-state index is 11.8. The Morgan fingerprint density at radius 2 is 2.38 bits per heavy atom. The topological polar surface area (TPSA) is 70.7 Å². The third kappa shape index (κ3) is 2.40. The van der Waals surface area contributed by atoms with Crippen molar-refractivity contribution >= 4 is 5.91 Å². The Bertz CT molecular complexity index is 336. The third-order valence-corrected chi connectivity index (χ3v) is 3.38. The van der Waals surface area contributed by atoms with Gasteiger partial charge >= 0.3 is 0 Å². The van der Waals surface area contributed by atoms with Gasteiger partial charge in [-0.2, -0.15) is 5.10 Å². The molecule has 2 atom stereocenters. The minimum Gasteiger partial charge on any atom is -0.346 e. The molecule has 2 rings (SSSR count). The van der Waals surface area contributed by atoms with Crippen LogP contribution in [-0.2, 0) is 0 Å². The number of aromatic amines is 1. The largest absolute Gasteiger partial charge is 0.346 e. The Morgan fingerprint density at radius 3 is 3.06 bits per heavy atom. The zero-order valence-corrected chi connectivity index (χ0v) is 9.57. The summed E-state index contributed by atoms with van der Waals surface area (Å²) in [7, 11) is 0. The summed E-state index contributed by atoms with van der Waals surface area (Å²) >= 11 is 0. The summed E-state index contributed by atoms with van der Waals surface area (Å²) in [5.74, 6) is 0.781. The molecule has 1 aromatic heterocycles. The summed E-state index contributed by atoms with van der Waals surface area (Å²) in [6.45, 7) is 2.18. The molecule has 2 N–H and O–H groups in total. The first-order chi connectivity index (χ1) is 7.81. The van der Waals surface area contributed by atoms with Crippen LogP contribution in [0.4, 0.5) is 0 Å². The summed E-state index contributed by atoms with van der Waals surface area (Å²) in [5.41, 5.74) is 0. The molecule has 1 aliphatic carbocycles. The molecule has 5 heteroatoms. The van der Waals surface area contributed by atoms with E-state index in [2.05, 4.69) is 27.4 Å². The van der Waals surface area contributed by atoms with Crippen molar-refractivity contribution in [2.24, 2.45) is 5.92 Å². The first-order valence-corrected chi connectivity index (χ1v) is 5.97. The van der Waals surface area contributed by atoms with Crippen LogP contribution in [-0.4, -0.2) is 27.1 Å². The average molecular weight is 222 g/mol. The van der Waals surface area contributed by atoms with Gasteiger partial charge in [0.25, 0.3) is 5.91 Å². The number of nitrogens with zero attached hydrogens (tertiary/aromatic N) is 2. The van der Waals surface area contributed by atoms with Gasteiger partial charge in [0.1, 0.15) is 6.33 Å². The molecule has 1 heterocycles. The van der Waals surface area contributed by atoms with Gasteiger partial charge in [0.15, 0.2) is 0 Å². The number of carbonyl (C=O) groups is 1. The normalized spacial score (nSPS) is 25.3. The zero-order chi connectivity index (χ0) is 11.4. The lowest BCUT2D eigenvalue weighted by atomic mass is 9.83. The van der Waals surface area contributed by atoms with E-state index in [0.29, 0.717) is 17.8 Å². The second-order valence-corrected chi connectivity index (χ2v) is 4.37. The molecule has 88 valence electrons. The number of hydrogen-bond donors (Lipinski definition) is 2. The van der Waals surface area contributed by atoms with Gasteiger partial charge in [-0.15, -0.1) is 0 Å². The molecule has 1 aliphatic rings. The van der Waals surface area contributed by atoms with Crippen molar-refractivity contribution in [1.29, 1.82) is 0 Å². The molecule has 16 heavy (non-hydrogen) atoms. The van der Waals surface area contributed by atoms with Crippen LogP contribution < -0.4 is 5.32 Å². The van der Waals surface area contributed by atoms with E-state index < -0.39 is 0 Å². The lowest BCUT2D eigenvalue weighted by Crippen LogP contribution is -2.42. The average Bonchev–Trinajstić information content (AvgIpc) is 2.83. The summed E-state index contributed by atoms with van der Waals surface area (Å²) in [6.07, 6.45) is 7.27. The Hall–Kier alpha value is -1.39. The minimum absolute atomic E-state index is 0.136. The van der Waals surface area contributed by atoms with Crippen molar-refractivity contribution in [1.82, 2.24) is 20.5 Å². The highest BCUT2D eigenvalue weighted by molar-refractivity contribution is 5.90. The lowest BCUT2D eigenvalue weighted by molar-refractivity contribution is 0.0894. The number of carbonyl (C=O) groups excluding carboxylic acids is 1. The molecular formula is C11H18N4O. The van der Waals surface area contributed by atoms with Gasteiger partial charge in [-0.05, 0) is 18.8 Å². The van der Waals surface area contributed by atoms with E-state index in [9.17, 15) is 4.79 Å². The van der Waals surface area contributed by atoms with Crippen LogP contribution in [0.5, 0.6) is 0 Å². The second kappa shape index (κ2) is 5.09. The van der Waals surface area contributed by atoms with E-state index in [-0.39, 0.29) is 5.91 Å². The maximum absolute atomic E-state index is 11.8. The summed E-state index contributed by atoms with van der Waals surface area (Å²) < 4.78 is 0. The monoisotopic (exact) mass is 222 g/mol. The Kier molecular flexibility index (Phi) is 3.54. The molecule has 0 spiro atoms. The quantitative estimate of drug-likeness (QED) is 0.814. The fraction of sp³-hybridized carbons (Fsp3) is 0.727. The van der Waals surface area contributed by atoms with Crippen molar-refractivity contribution in [3.05, 3.63) is 12.2 Å². The summed E-state index contributed by atoms with van der Waals surface area (Å²) in [6, 6.07) is 0.302. The van der Waals surface area contributed by atoms with Crippen molar-refractivity contribution in [3.63, 3.8) is 0 Å². The molecule has 1 aromatic rings. The van der Waals surface area contributed by atoms with Crippen molar-refractivity contribution < 1.29 is 4.79 Å². The van der Waals surface area contributed by atoms with Crippen LogP contribution in [0.1, 0.15) is 49.6 Å². The molecule has 1 saturated carbocycles. The van der Waals surface area contributed by atoms with Crippen LogP contribution in [0.2, 0.25) is 0 Å². The smallest absolute Gasteiger partial charge is 0.288 e. The van der Waals surface area contributed by atoms with Crippen LogP contribution in [0.15, 0.2) is 6.33 Å². The number of aromatic nitrogens is 3. The third-order valence-electron chi connectivity index (χ3n) is 3.38. The van der Waals surface area contributed by atoms with Gasteiger partial charge in [0.05, 0.1) is 0 Å². The zero-order valence-electron chi connectivity index (χ0n) is 9.57. The Morgan fingerprint density at radius 1 is 1.56 bits per heavy atom. The van der Waals surface area contributed by atoms with Crippen LogP contribution in [0.25, 0.3) is 0 Å².